The molecule has 3 nitrogen and oxygen atoms in total. The van der Waals surface area contributed by atoms with Crippen LogP contribution >= 0.6 is 0 Å². The molecule has 0 radical (unpaired) electrons. The Morgan fingerprint density at radius 2 is 1.78 bits per heavy atom. The van der Waals surface area contributed by atoms with Crippen LogP contribution in [-0.2, 0) is 22.5 Å². The number of esters is 1. The van der Waals surface area contributed by atoms with E-state index in [-0.39, 0.29) is 17.9 Å². The first-order valence-electron chi connectivity index (χ1n) is 6.47. The molecule has 0 saturated carbocycles. The maximum absolute atomic E-state index is 11.6. The highest BCUT2D eigenvalue weighted by molar-refractivity contribution is 5.75. The number of methoxy groups -OCH3 is 1. The highest BCUT2D eigenvalue weighted by Crippen LogP contribution is 2.08. The lowest BCUT2D eigenvalue weighted by molar-refractivity contribution is -0.144. The van der Waals surface area contributed by atoms with Crippen LogP contribution in [-0.4, -0.2) is 19.1 Å². The molecule has 0 aliphatic heterocycles. The van der Waals surface area contributed by atoms with Gasteiger partial charge in [0.1, 0.15) is 6.04 Å². The monoisotopic (exact) mass is 249 g/mol. The molecule has 0 aromatic heterocycles. The van der Waals surface area contributed by atoms with Crippen LogP contribution in [0.5, 0.6) is 0 Å². The number of hydrogen-bond acceptors (Lipinski definition) is 3. The van der Waals surface area contributed by atoms with Gasteiger partial charge in [0.05, 0.1) is 7.11 Å². The minimum Gasteiger partial charge on any atom is -0.468 e. The lowest BCUT2D eigenvalue weighted by Crippen LogP contribution is -2.41. The fourth-order valence-electron chi connectivity index (χ4n) is 1.84. The van der Waals surface area contributed by atoms with Crippen molar-refractivity contribution in [2.45, 2.75) is 39.8 Å². The summed E-state index contributed by atoms with van der Waals surface area (Å²) >= 11 is 0. The molecule has 1 N–H and O–H groups in total. The standard InChI is InChI=1S/C15H23NO2/c1-5-12-6-8-13(9-7-12)10-16-14(11(2)3)15(17)18-4/h6-9,11,14,16H,5,10H2,1-4H3. The smallest absolute Gasteiger partial charge is 0.323 e. The Labute approximate surface area is 110 Å². The first kappa shape index (κ1) is 14.7. The second-order valence-electron chi connectivity index (χ2n) is 4.80. The van der Waals surface area contributed by atoms with Gasteiger partial charge < -0.3 is 10.1 Å². The maximum Gasteiger partial charge on any atom is 0.323 e. The average molecular weight is 249 g/mol. The molecule has 3 heteroatoms. The van der Waals surface area contributed by atoms with Crippen molar-refractivity contribution in [3.63, 3.8) is 0 Å². The van der Waals surface area contributed by atoms with Crippen molar-refractivity contribution in [3.8, 4) is 0 Å². The Hall–Kier alpha value is -1.35. The van der Waals surface area contributed by atoms with Crippen molar-refractivity contribution in [3.05, 3.63) is 35.4 Å². The van der Waals surface area contributed by atoms with Gasteiger partial charge in [-0.05, 0) is 23.5 Å². The predicted octanol–water partition coefficient (Wildman–Crippen LogP) is 2.54. The Morgan fingerprint density at radius 1 is 1.22 bits per heavy atom. The van der Waals surface area contributed by atoms with Gasteiger partial charge in [0.25, 0.3) is 0 Å². The molecule has 18 heavy (non-hydrogen) atoms. The van der Waals surface area contributed by atoms with Crippen LogP contribution in [0.25, 0.3) is 0 Å². The fraction of sp³-hybridized carbons (Fsp3) is 0.533. The van der Waals surface area contributed by atoms with Crippen molar-refractivity contribution in [1.29, 1.82) is 0 Å². The summed E-state index contributed by atoms with van der Waals surface area (Å²) in [6.07, 6.45) is 1.05. The molecular weight excluding hydrogens is 226 g/mol. The Morgan fingerprint density at radius 3 is 2.22 bits per heavy atom. The molecule has 1 rings (SSSR count). The third-order valence-electron chi connectivity index (χ3n) is 3.08. The molecule has 0 heterocycles. The van der Waals surface area contributed by atoms with Crippen molar-refractivity contribution < 1.29 is 9.53 Å². The van der Waals surface area contributed by atoms with E-state index in [0.717, 1.165) is 6.42 Å². The molecule has 1 atom stereocenters. The quantitative estimate of drug-likeness (QED) is 0.787. The van der Waals surface area contributed by atoms with E-state index in [1.54, 1.807) is 0 Å². The highest BCUT2D eigenvalue weighted by Gasteiger charge is 2.21. The molecular formula is C15H23NO2. The molecule has 0 aliphatic rings. The van der Waals surface area contributed by atoms with E-state index >= 15 is 0 Å². The summed E-state index contributed by atoms with van der Waals surface area (Å²) in [7, 11) is 1.43. The van der Waals surface area contributed by atoms with Gasteiger partial charge in [-0.25, -0.2) is 0 Å². The van der Waals surface area contributed by atoms with Crippen LogP contribution in [0.2, 0.25) is 0 Å². The zero-order valence-electron chi connectivity index (χ0n) is 11.7. The molecule has 0 aliphatic carbocycles. The summed E-state index contributed by atoms with van der Waals surface area (Å²) in [5, 5.41) is 3.25. The van der Waals surface area contributed by atoms with Gasteiger partial charge in [0, 0.05) is 6.54 Å². The Bertz CT molecular complexity index is 371. The van der Waals surface area contributed by atoms with Crippen molar-refractivity contribution in [1.82, 2.24) is 5.32 Å². The Balaban J connectivity index is 2.58. The summed E-state index contributed by atoms with van der Waals surface area (Å²) in [6, 6.07) is 8.20. The lowest BCUT2D eigenvalue weighted by Gasteiger charge is -2.19. The van der Waals surface area contributed by atoms with Crippen LogP contribution in [0.15, 0.2) is 24.3 Å². The van der Waals surface area contributed by atoms with E-state index in [2.05, 4.69) is 36.5 Å². The molecule has 1 unspecified atom stereocenters. The second kappa shape index (κ2) is 7.17. The summed E-state index contributed by atoms with van der Waals surface area (Å²) in [6.45, 7) is 6.84. The van der Waals surface area contributed by atoms with E-state index in [1.807, 2.05) is 13.8 Å². The third-order valence-corrected chi connectivity index (χ3v) is 3.08. The first-order valence-corrected chi connectivity index (χ1v) is 6.47. The molecule has 0 bridgehead atoms. The number of aryl methyl sites for hydroxylation is 1. The normalized spacial score (nSPS) is 12.5. The van der Waals surface area contributed by atoms with Crippen molar-refractivity contribution in [2.24, 2.45) is 5.92 Å². The van der Waals surface area contributed by atoms with E-state index < -0.39 is 0 Å². The van der Waals surface area contributed by atoms with Gasteiger partial charge >= 0.3 is 5.97 Å². The fourth-order valence-corrected chi connectivity index (χ4v) is 1.84. The van der Waals surface area contributed by atoms with Gasteiger partial charge in [0.15, 0.2) is 0 Å². The molecule has 1 aromatic carbocycles. The summed E-state index contributed by atoms with van der Waals surface area (Å²) in [5.74, 6) is 0.0162. The van der Waals surface area contributed by atoms with Gasteiger partial charge in [0.2, 0.25) is 0 Å². The number of carbonyl (C=O) groups is 1. The van der Waals surface area contributed by atoms with E-state index in [0.29, 0.717) is 6.54 Å². The number of benzene rings is 1. The average Bonchev–Trinajstić information content (AvgIpc) is 2.39. The van der Waals surface area contributed by atoms with Crippen LogP contribution in [0.4, 0.5) is 0 Å². The molecule has 0 fully saturated rings. The minimum absolute atomic E-state index is 0.199. The number of hydrogen-bond donors (Lipinski definition) is 1. The minimum atomic E-state index is -0.249. The third kappa shape index (κ3) is 4.15. The zero-order valence-corrected chi connectivity index (χ0v) is 11.7. The largest absolute Gasteiger partial charge is 0.468 e. The Kier molecular flexibility index (Phi) is 5.86. The van der Waals surface area contributed by atoms with Gasteiger partial charge in [-0.15, -0.1) is 0 Å². The van der Waals surface area contributed by atoms with Gasteiger partial charge in [-0.3, -0.25) is 4.79 Å². The molecule has 0 amide bonds. The second-order valence-corrected chi connectivity index (χ2v) is 4.80. The van der Waals surface area contributed by atoms with Crippen molar-refractivity contribution >= 4 is 5.97 Å². The maximum atomic E-state index is 11.6. The van der Waals surface area contributed by atoms with Gasteiger partial charge in [-0.2, -0.15) is 0 Å². The topological polar surface area (TPSA) is 38.3 Å². The SMILES string of the molecule is CCc1ccc(CNC(C(=O)OC)C(C)C)cc1. The van der Waals surface area contributed by atoms with Crippen LogP contribution in [0.3, 0.4) is 0 Å². The number of nitrogens with one attached hydrogen (secondary N) is 1. The summed E-state index contributed by atoms with van der Waals surface area (Å²) in [4.78, 5) is 11.6. The van der Waals surface area contributed by atoms with Gasteiger partial charge in [-0.1, -0.05) is 45.0 Å². The van der Waals surface area contributed by atoms with Crippen LogP contribution < -0.4 is 5.32 Å². The van der Waals surface area contributed by atoms with Crippen LogP contribution in [0.1, 0.15) is 31.9 Å². The zero-order chi connectivity index (χ0) is 13.5. The van der Waals surface area contributed by atoms with E-state index in [4.69, 9.17) is 4.74 Å². The molecule has 0 saturated heterocycles. The molecule has 100 valence electrons. The van der Waals surface area contributed by atoms with Crippen LogP contribution in [0, 0.1) is 5.92 Å². The lowest BCUT2D eigenvalue weighted by atomic mass is 10.0. The van der Waals surface area contributed by atoms with Crippen molar-refractivity contribution in [2.75, 3.05) is 7.11 Å². The first-order chi connectivity index (χ1) is 8.58. The predicted molar refractivity (Wildman–Crippen MR) is 73.3 cm³/mol. The summed E-state index contributed by atoms with van der Waals surface area (Å²) < 4.78 is 4.80. The highest BCUT2D eigenvalue weighted by atomic mass is 16.5. The molecule has 1 aromatic rings. The summed E-state index contributed by atoms with van der Waals surface area (Å²) in [5.41, 5.74) is 2.51. The number of carbonyl (C=O) groups excluding carboxylic acids is 1. The number of rotatable bonds is 6. The number of ether oxygens (including phenoxy) is 1. The van der Waals surface area contributed by atoms with E-state index in [1.165, 1.54) is 18.2 Å². The molecule has 0 spiro atoms. The van der Waals surface area contributed by atoms with E-state index in [9.17, 15) is 4.79 Å².